The molecule has 5 nitrogen and oxygen atoms in total. The smallest absolute Gasteiger partial charge is 0.230 e. The second-order valence-electron chi connectivity index (χ2n) is 3.28. The van der Waals surface area contributed by atoms with E-state index in [1.165, 1.54) is 0 Å². The van der Waals surface area contributed by atoms with Gasteiger partial charge in [0.2, 0.25) is 5.91 Å². The van der Waals surface area contributed by atoms with E-state index < -0.39 is 0 Å². The maximum atomic E-state index is 11.1. The molecule has 0 fully saturated rings. The molecule has 0 heterocycles. The molecule has 6 heteroatoms. The van der Waals surface area contributed by atoms with Gasteiger partial charge in [-0.25, -0.2) is 0 Å². The highest BCUT2D eigenvalue weighted by Crippen LogP contribution is 1.96. The molecule has 0 spiro atoms. The number of nitrogens with two attached hydrogens (primary N) is 1. The van der Waals surface area contributed by atoms with Gasteiger partial charge in [-0.3, -0.25) is 10.2 Å². The Morgan fingerprint density at radius 3 is 2.80 bits per heavy atom. The maximum Gasteiger partial charge on any atom is 0.230 e. The zero-order valence-corrected chi connectivity index (χ0v) is 10.0. The third-order valence-corrected chi connectivity index (χ3v) is 2.17. The second kappa shape index (κ2) is 8.55. The molecule has 0 rings (SSSR count). The van der Waals surface area contributed by atoms with E-state index in [2.05, 4.69) is 5.32 Å². The average molecular weight is 233 g/mol. The van der Waals surface area contributed by atoms with Gasteiger partial charge in [-0.1, -0.05) is 11.8 Å². The van der Waals surface area contributed by atoms with Crippen LogP contribution in [0.15, 0.2) is 0 Å². The summed E-state index contributed by atoms with van der Waals surface area (Å²) in [6.45, 7) is 5.20. The standard InChI is InChI=1S/C9H19N3O2S/c1-7(2)14-5-3-4-12-8(13)6-15-9(10)11/h7H,3-6H2,1-2H3,(H3,10,11)(H,12,13). The Morgan fingerprint density at radius 1 is 1.60 bits per heavy atom. The van der Waals surface area contributed by atoms with Gasteiger partial charge in [0, 0.05) is 13.2 Å². The highest BCUT2D eigenvalue weighted by atomic mass is 32.2. The van der Waals surface area contributed by atoms with E-state index in [1.54, 1.807) is 0 Å². The van der Waals surface area contributed by atoms with Crippen molar-refractivity contribution in [1.29, 1.82) is 5.41 Å². The van der Waals surface area contributed by atoms with Crippen LogP contribution in [0.3, 0.4) is 0 Å². The minimum absolute atomic E-state index is 0.0340. The molecule has 0 atom stereocenters. The lowest BCUT2D eigenvalue weighted by molar-refractivity contribution is -0.118. The summed E-state index contributed by atoms with van der Waals surface area (Å²) in [7, 11) is 0. The van der Waals surface area contributed by atoms with Crippen LogP contribution in [-0.2, 0) is 9.53 Å². The second-order valence-corrected chi connectivity index (χ2v) is 4.29. The van der Waals surface area contributed by atoms with Crippen molar-refractivity contribution in [3.05, 3.63) is 0 Å². The highest BCUT2D eigenvalue weighted by Gasteiger charge is 2.01. The van der Waals surface area contributed by atoms with Crippen molar-refractivity contribution in [2.24, 2.45) is 5.73 Å². The van der Waals surface area contributed by atoms with Gasteiger partial charge in [0.25, 0.3) is 0 Å². The number of amides is 1. The number of hydrogen-bond donors (Lipinski definition) is 3. The molecule has 0 saturated heterocycles. The van der Waals surface area contributed by atoms with E-state index in [4.69, 9.17) is 15.9 Å². The molecule has 15 heavy (non-hydrogen) atoms. The van der Waals surface area contributed by atoms with Crippen molar-refractivity contribution < 1.29 is 9.53 Å². The molecule has 0 aliphatic rings. The minimum atomic E-state index is -0.0975. The lowest BCUT2D eigenvalue weighted by Crippen LogP contribution is -2.28. The molecule has 0 radical (unpaired) electrons. The molecule has 0 aromatic carbocycles. The molecule has 88 valence electrons. The van der Waals surface area contributed by atoms with E-state index in [9.17, 15) is 4.79 Å². The third kappa shape index (κ3) is 11.2. The number of nitrogens with one attached hydrogen (secondary N) is 2. The number of carbonyl (C=O) groups excluding carboxylic acids is 1. The largest absolute Gasteiger partial charge is 0.379 e. The van der Waals surface area contributed by atoms with Gasteiger partial charge in [0.15, 0.2) is 5.17 Å². The van der Waals surface area contributed by atoms with Gasteiger partial charge >= 0.3 is 0 Å². The maximum absolute atomic E-state index is 11.1. The predicted octanol–water partition coefficient (Wildman–Crippen LogP) is 0.544. The van der Waals surface area contributed by atoms with Crippen LogP contribution >= 0.6 is 11.8 Å². The summed E-state index contributed by atoms with van der Waals surface area (Å²) in [5.41, 5.74) is 5.10. The Kier molecular flexibility index (Phi) is 8.12. The molecule has 0 aliphatic heterocycles. The number of rotatable bonds is 7. The molecule has 0 aliphatic carbocycles. The Morgan fingerprint density at radius 2 is 2.27 bits per heavy atom. The summed E-state index contributed by atoms with van der Waals surface area (Å²) < 4.78 is 5.31. The number of amidine groups is 1. The van der Waals surface area contributed by atoms with Crippen molar-refractivity contribution in [1.82, 2.24) is 5.32 Å². The van der Waals surface area contributed by atoms with Crippen LogP contribution in [0.2, 0.25) is 0 Å². The van der Waals surface area contributed by atoms with E-state index in [1.807, 2.05) is 13.8 Å². The number of ether oxygens (including phenoxy) is 1. The van der Waals surface area contributed by atoms with Crippen molar-refractivity contribution in [3.63, 3.8) is 0 Å². The molecule has 0 unspecified atom stereocenters. The van der Waals surface area contributed by atoms with E-state index in [-0.39, 0.29) is 22.9 Å². The molecule has 1 amide bonds. The Bertz CT molecular complexity index is 210. The number of carbonyl (C=O) groups is 1. The average Bonchev–Trinajstić information content (AvgIpc) is 2.13. The summed E-state index contributed by atoms with van der Waals surface area (Å²) in [6.07, 6.45) is 1.03. The molecule has 0 aromatic heterocycles. The van der Waals surface area contributed by atoms with Crippen LogP contribution in [0, 0.1) is 5.41 Å². The lowest BCUT2D eigenvalue weighted by Gasteiger charge is -2.07. The van der Waals surface area contributed by atoms with Gasteiger partial charge in [0.1, 0.15) is 0 Å². The molecule has 0 bridgehead atoms. The zero-order valence-electron chi connectivity index (χ0n) is 9.21. The van der Waals surface area contributed by atoms with Crippen LogP contribution in [-0.4, -0.2) is 36.1 Å². The monoisotopic (exact) mass is 233 g/mol. The Labute approximate surface area is 94.6 Å². The van der Waals surface area contributed by atoms with Crippen molar-refractivity contribution in [2.45, 2.75) is 26.4 Å². The Balaban J connectivity index is 3.28. The van der Waals surface area contributed by atoms with E-state index in [0.29, 0.717) is 13.2 Å². The summed E-state index contributed by atoms with van der Waals surface area (Å²) in [5, 5.41) is 9.60. The lowest BCUT2D eigenvalue weighted by atomic mass is 10.4. The quantitative estimate of drug-likeness (QED) is 0.340. The SMILES string of the molecule is CC(C)OCCCNC(=O)CSC(=N)N. The fourth-order valence-electron chi connectivity index (χ4n) is 0.813. The van der Waals surface area contributed by atoms with Crippen LogP contribution in [0.4, 0.5) is 0 Å². The fourth-order valence-corrected chi connectivity index (χ4v) is 1.20. The molecule has 4 N–H and O–H groups in total. The number of hydrogen-bond acceptors (Lipinski definition) is 4. The van der Waals surface area contributed by atoms with Gasteiger partial charge in [-0.2, -0.15) is 0 Å². The molecule has 0 aromatic rings. The van der Waals surface area contributed by atoms with Crippen LogP contribution < -0.4 is 11.1 Å². The van der Waals surface area contributed by atoms with Gasteiger partial charge in [-0.05, 0) is 20.3 Å². The minimum Gasteiger partial charge on any atom is -0.379 e. The summed E-state index contributed by atoms with van der Waals surface area (Å²) >= 11 is 1.03. The van der Waals surface area contributed by atoms with Crippen LogP contribution in [0.25, 0.3) is 0 Å². The topological polar surface area (TPSA) is 88.2 Å². The summed E-state index contributed by atoms with van der Waals surface area (Å²) in [5.74, 6) is 0.111. The van der Waals surface area contributed by atoms with Crippen molar-refractivity contribution in [2.75, 3.05) is 18.9 Å². The van der Waals surface area contributed by atoms with Crippen molar-refractivity contribution in [3.8, 4) is 0 Å². The van der Waals surface area contributed by atoms with Crippen molar-refractivity contribution >= 4 is 22.8 Å². The summed E-state index contributed by atoms with van der Waals surface area (Å²) in [6, 6.07) is 0. The van der Waals surface area contributed by atoms with E-state index >= 15 is 0 Å². The molecular weight excluding hydrogens is 214 g/mol. The number of thioether (sulfide) groups is 1. The first-order valence-electron chi connectivity index (χ1n) is 4.87. The fraction of sp³-hybridized carbons (Fsp3) is 0.778. The van der Waals surface area contributed by atoms with E-state index in [0.717, 1.165) is 18.2 Å². The normalized spacial score (nSPS) is 10.3. The first-order chi connectivity index (χ1) is 7.02. The third-order valence-electron chi connectivity index (χ3n) is 1.45. The van der Waals surface area contributed by atoms with Gasteiger partial charge in [-0.15, -0.1) is 0 Å². The van der Waals surface area contributed by atoms with Crippen LogP contribution in [0.5, 0.6) is 0 Å². The molecule has 0 saturated carbocycles. The van der Waals surface area contributed by atoms with Gasteiger partial charge < -0.3 is 15.8 Å². The first kappa shape index (κ1) is 14.2. The summed E-state index contributed by atoms with van der Waals surface area (Å²) in [4.78, 5) is 11.1. The van der Waals surface area contributed by atoms with Crippen LogP contribution in [0.1, 0.15) is 20.3 Å². The highest BCUT2D eigenvalue weighted by molar-refractivity contribution is 8.14. The predicted molar refractivity (Wildman–Crippen MR) is 63.1 cm³/mol. The Hall–Kier alpha value is -0.750. The first-order valence-corrected chi connectivity index (χ1v) is 5.86. The zero-order chi connectivity index (χ0) is 11.7. The van der Waals surface area contributed by atoms with Gasteiger partial charge in [0.05, 0.1) is 11.9 Å². The molecular formula is C9H19N3O2S.